The summed E-state index contributed by atoms with van der Waals surface area (Å²) in [4.78, 5) is 17.6. The second-order valence-electron chi connectivity index (χ2n) is 8.75. The minimum atomic E-state index is -0.925. The van der Waals surface area contributed by atoms with Gasteiger partial charge in [-0.1, -0.05) is 34.6 Å². The first-order valence-electron chi connectivity index (χ1n) is 9.12. The summed E-state index contributed by atoms with van der Waals surface area (Å²) in [6, 6.07) is 5.82. The molecule has 2 aromatic rings. The fourth-order valence-electron chi connectivity index (χ4n) is 3.39. The number of anilines is 1. The molecule has 0 radical (unpaired) electrons. The number of nitrogens with one attached hydrogen (secondary N) is 1. The quantitative estimate of drug-likeness (QED) is 0.845. The molecule has 1 aromatic heterocycles. The van der Waals surface area contributed by atoms with Crippen LogP contribution in [0.2, 0.25) is 0 Å². The SMILES string of the molecule is CCOC1CC(N)(C(=O)Nc2ccc3nc(C(C)(C)C)sc3c2)C1(C)C. The van der Waals surface area contributed by atoms with Crippen LogP contribution in [0.3, 0.4) is 0 Å². The van der Waals surface area contributed by atoms with Gasteiger partial charge in [-0.3, -0.25) is 4.79 Å². The molecular formula is C20H29N3O2S. The van der Waals surface area contributed by atoms with Crippen molar-refractivity contribution in [3.8, 4) is 0 Å². The van der Waals surface area contributed by atoms with Gasteiger partial charge in [-0.2, -0.15) is 0 Å². The Morgan fingerprint density at radius 3 is 2.69 bits per heavy atom. The Hall–Kier alpha value is -1.50. The van der Waals surface area contributed by atoms with Gasteiger partial charge in [0, 0.05) is 29.5 Å². The van der Waals surface area contributed by atoms with Gasteiger partial charge >= 0.3 is 0 Å². The van der Waals surface area contributed by atoms with E-state index in [9.17, 15) is 4.79 Å². The number of thiazole rings is 1. The Balaban J connectivity index is 1.80. The highest BCUT2D eigenvalue weighted by atomic mass is 32.1. The predicted octanol–water partition coefficient (Wildman–Crippen LogP) is 4.06. The third kappa shape index (κ3) is 3.04. The van der Waals surface area contributed by atoms with Crippen molar-refractivity contribution in [2.24, 2.45) is 11.1 Å². The Morgan fingerprint density at radius 1 is 1.42 bits per heavy atom. The zero-order chi connectivity index (χ0) is 19.3. The molecule has 0 saturated heterocycles. The van der Waals surface area contributed by atoms with Crippen molar-refractivity contribution in [3.05, 3.63) is 23.2 Å². The van der Waals surface area contributed by atoms with Crippen molar-refractivity contribution in [1.29, 1.82) is 0 Å². The predicted molar refractivity (Wildman–Crippen MR) is 108 cm³/mol. The number of aromatic nitrogens is 1. The molecule has 1 amide bonds. The van der Waals surface area contributed by atoms with E-state index in [1.807, 2.05) is 39.0 Å². The number of nitrogens with two attached hydrogens (primary N) is 1. The highest BCUT2D eigenvalue weighted by Gasteiger charge is 2.62. The number of hydrogen-bond donors (Lipinski definition) is 2. The zero-order valence-corrected chi connectivity index (χ0v) is 17.3. The fraction of sp³-hybridized carbons (Fsp3) is 0.600. The highest BCUT2D eigenvalue weighted by molar-refractivity contribution is 7.18. The number of carbonyl (C=O) groups is 1. The maximum Gasteiger partial charge on any atom is 0.245 e. The van der Waals surface area contributed by atoms with E-state index in [0.29, 0.717) is 13.0 Å². The minimum absolute atomic E-state index is 0.0126. The van der Waals surface area contributed by atoms with E-state index in [0.717, 1.165) is 20.9 Å². The Morgan fingerprint density at radius 2 is 2.12 bits per heavy atom. The smallest absolute Gasteiger partial charge is 0.245 e. The van der Waals surface area contributed by atoms with Crippen molar-refractivity contribution < 1.29 is 9.53 Å². The van der Waals surface area contributed by atoms with Crippen molar-refractivity contribution in [1.82, 2.24) is 4.98 Å². The fourth-order valence-corrected chi connectivity index (χ4v) is 4.45. The average molecular weight is 376 g/mol. The van der Waals surface area contributed by atoms with E-state index in [1.165, 1.54) is 0 Å². The molecule has 6 heteroatoms. The number of nitrogens with zero attached hydrogens (tertiary/aromatic N) is 1. The van der Waals surface area contributed by atoms with Gasteiger partial charge in [0.1, 0.15) is 5.54 Å². The highest BCUT2D eigenvalue weighted by Crippen LogP contribution is 2.50. The molecule has 1 saturated carbocycles. The van der Waals surface area contributed by atoms with Gasteiger partial charge in [-0.25, -0.2) is 4.98 Å². The summed E-state index contributed by atoms with van der Waals surface area (Å²) < 4.78 is 6.78. The molecule has 1 fully saturated rings. The summed E-state index contributed by atoms with van der Waals surface area (Å²) in [6.07, 6.45) is 0.554. The molecule has 26 heavy (non-hydrogen) atoms. The molecule has 0 aliphatic heterocycles. The summed E-state index contributed by atoms with van der Waals surface area (Å²) in [6.45, 7) is 13.0. The van der Waals surface area contributed by atoms with Crippen LogP contribution in [0, 0.1) is 5.41 Å². The number of ether oxygens (including phenoxy) is 1. The first-order valence-corrected chi connectivity index (χ1v) is 9.93. The van der Waals surface area contributed by atoms with E-state index < -0.39 is 11.0 Å². The molecule has 0 spiro atoms. The number of carbonyl (C=O) groups excluding carboxylic acids is 1. The van der Waals surface area contributed by atoms with Crippen molar-refractivity contribution in [2.75, 3.05) is 11.9 Å². The van der Waals surface area contributed by atoms with Gasteiger partial charge in [0.15, 0.2) is 0 Å². The monoisotopic (exact) mass is 375 g/mol. The van der Waals surface area contributed by atoms with E-state index in [4.69, 9.17) is 15.5 Å². The number of fused-ring (bicyclic) bond motifs is 1. The molecule has 1 aliphatic carbocycles. The number of hydrogen-bond acceptors (Lipinski definition) is 5. The van der Waals surface area contributed by atoms with Crippen LogP contribution in [0.4, 0.5) is 5.69 Å². The lowest BCUT2D eigenvalue weighted by Gasteiger charge is -2.57. The summed E-state index contributed by atoms with van der Waals surface area (Å²) >= 11 is 1.67. The van der Waals surface area contributed by atoms with Gasteiger partial charge in [-0.05, 0) is 25.1 Å². The molecule has 2 unspecified atom stereocenters. The Labute approximate surface area is 159 Å². The molecule has 0 bridgehead atoms. The average Bonchev–Trinajstić information content (AvgIpc) is 2.98. The molecule has 5 nitrogen and oxygen atoms in total. The molecular weight excluding hydrogens is 346 g/mol. The van der Waals surface area contributed by atoms with Crippen molar-refractivity contribution in [3.63, 3.8) is 0 Å². The number of amides is 1. The molecule has 3 rings (SSSR count). The molecule has 1 heterocycles. The lowest BCUT2D eigenvalue weighted by atomic mass is 9.54. The van der Waals surface area contributed by atoms with Crippen LogP contribution >= 0.6 is 11.3 Å². The molecule has 2 atom stereocenters. The van der Waals surface area contributed by atoms with Crippen LogP contribution in [0.1, 0.15) is 53.0 Å². The summed E-state index contributed by atoms with van der Waals surface area (Å²) in [5.41, 5.74) is 6.87. The lowest BCUT2D eigenvalue weighted by molar-refractivity contribution is -0.166. The van der Waals surface area contributed by atoms with Gasteiger partial charge in [0.25, 0.3) is 0 Å². The lowest BCUT2D eigenvalue weighted by Crippen LogP contribution is -2.74. The summed E-state index contributed by atoms with van der Waals surface area (Å²) in [7, 11) is 0. The van der Waals surface area contributed by atoms with Gasteiger partial charge in [-0.15, -0.1) is 11.3 Å². The second-order valence-corrected chi connectivity index (χ2v) is 9.78. The third-order valence-electron chi connectivity index (χ3n) is 5.52. The first-order chi connectivity index (χ1) is 12.0. The standard InChI is InChI=1S/C20H29N3O2S/c1-7-25-15-11-20(21,19(15,5)6)16(24)22-12-8-9-13-14(10-12)26-17(23-13)18(2,3)4/h8-10,15H,7,11,21H2,1-6H3,(H,22,24). The zero-order valence-electron chi connectivity index (χ0n) is 16.5. The summed E-state index contributed by atoms with van der Waals surface area (Å²) in [5, 5.41) is 4.09. The van der Waals surface area contributed by atoms with Gasteiger partial charge in [0.2, 0.25) is 5.91 Å². The second kappa shape index (κ2) is 6.29. The van der Waals surface area contributed by atoms with E-state index in [2.05, 4.69) is 26.1 Å². The maximum atomic E-state index is 12.9. The van der Waals surface area contributed by atoms with E-state index >= 15 is 0 Å². The van der Waals surface area contributed by atoms with Gasteiger partial charge in [0.05, 0.1) is 21.3 Å². The van der Waals surface area contributed by atoms with Crippen LogP contribution in [0.15, 0.2) is 18.2 Å². The molecule has 1 aromatic carbocycles. The van der Waals surface area contributed by atoms with Crippen LogP contribution < -0.4 is 11.1 Å². The van der Waals surface area contributed by atoms with Crippen LogP contribution in [0.5, 0.6) is 0 Å². The van der Waals surface area contributed by atoms with E-state index in [1.54, 1.807) is 11.3 Å². The largest absolute Gasteiger partial charge is 0.378 e. The number of rotatable bonds is 4. The summed E-state index contributed by atoms with van der Waals surface area (Å²) in [5.74, 6) is -0.154. The Kier molecular flexibility index (Phi) is 4.66. The van der Waals surface area contributed by atoms with Crippen LogP contribution in [0.25, 0.3) is 10.2 Å². The van der Waals surface area contributed by atoms with E-state index in [-0.39, 0.29) is 17.4 Å². The van der Waals surface area contributed by atoms with Gasteiger partial charge < -0.3 is 15.8 Å². The molecule has 3 N–H and O–H groups in total. The molecule has 1 aliphatic rings. The van der Waals surface area contributed by atoms with Crippen molar-refractivity contribution in [2.45, 2.75) is 65.0 Å². The number of benzene rings is 1. The normalized spacial score (nSPS) is 25.1. The van der Waals surface area contributed by atoms with Crippen LogP contribution in [-0.4, -0.2) is 29.1 Å². The first kappa shape index (κ1) is 19.3. The van der Waals surface area contributed by atoms with Crippen molar-refractivity contribution >= 4 is 33.1 Å². The Bertz CT molecular complexity index is 837. The topological polar surface area (TPSA) is 77.2 Å². The maximum absolute atomic E-state index is 12.9. The third-order valence-corrected chi connectivity index (χ3v) is 6.97. The van der Waals surface area contributed by atoms with Crippen LogP contribution in [-0.2, 0) is 14.9 Å². The molecule has 142 valence electrons. The minimum Gasteiger partial charge on any atom is -0.378 e.